The van der Waals surface area contributed by atoms with E-state index in [4.69, 9.17) is 0 Å². The number of halogens is 1. The van der Waals surface area contributed by atoms with Crippen LogP contribution in [0.1, 0.15) is 35.7 Å². The molecule has 1 heterocycles. The lowest BCUT2D eigenvalue weighted by molar-refractivity contribution is 0.0698. The molecule has 0 radical (unpaired) electrons. The van der Waals surface area contributed by atoms with Gasteiger partial charge in [0.15, 0.2) is 0 Å². The van der Waals surface area contributed by atoms with Crippen molar-refractivity contribution in [3.8, 4) is 0 Å². The van der Waals surface area contributed by atoms with E-state index in [0.717, 1.165) is 12.1 Å². The van der Waals surface area contributed by atoms with Crippen LogP contribution in [0.2, 0.25) is 0 Å². The van der Waals surface area contributed by atoms with Crippen molar-refractivity contribution in [2.24, 2.45) is 0 Å². The van der Waals surface area contributed by atoms with Crippen LogP contribution in [-0.4, -0.2) is 49.7 Å². The van der Waals surface area contributed by atoms with Gasteiger partial charge in [0.25, 0.3) is 5.91 Å². The van der Waals surface area contributed by atoms with Gasteiger partial charge in [-0.2, -0.15) is 4.31 Å². The highest BCUT2D eigenvalue weighted by atomic mass is 32.2. The molecule has 7 heteroatoms. The molecule has 1 saturated heterocycles. The normalized spacial score (nSPS) is 15.9. The van der Waals surface area contributed by atoms with Gasteiger partial charge in [0.1, 0.15) is 5.82 Å². The largest absolute Gasteiger partial charge is 0.336 e. The Kier molecular flexibility index (Phi) is 5.62. The number of amides is 1. The molecule has 27 heavy (non-hydrogen) atoms. The van der Waals surface area contributed by atoms with E-state index >= 15 is 0 Å². The van der Waals surface area contributed by atoms with Gasteiger partial charge in [0.2, 0.25) is 10.0 Å². The molecule has 3 rings (SSSR count). The fraction of sp³-hybridized carbons (Fsp3) is 0.350. The molecule has 1 aliphatic rings. The quantitative estimate of drug-likeness (QED) is 0.806. The van der Waals surface area contributed by atoms with Crippen LogP contribution in [0.3, 0.4) is 0 Å². The summed E-state index contributed by atoms with van der Waals surface area (Å²) in [5.41, 5.74) is 1.77. The second kappa shape index (κ2) is 7.78. The van der Waals surface area contributed by atoms with Crippen LogP contribution in [0.15, 0.2) is 53.4 Å². The van der Waals surface area contributed by atoms with Crippen LogP contribution in [-0.2, 0) is 10.0 Å². The summed E-state index contributed by atoms with van der Waals surface area (Å²) in [6.07, 6.45) is 0. The zero-order valence-corrected chi connectivity index (χ0v) is 16.2. The molecule has 0 aromatic heterocycles. The molecule has 0 N–H and O–H groups in total. The Balaban J connectivity index is 1.66. The van der Waals surface area contributed by atoms with Crippen LogP contribution < -0.4 is 0 Å². The molecule has 0 unspecified atom stereocenters. The average Bonchev–Trinajstić information content (AvgIpc) is 2.68. The molecule has 1 aliphatic heterocycles. The SMILES string of the molecule is CC(C)c1ccc(C(=O)N2CCN(S(=O)(=O)c3ccc(F)cc3)CC2)cc1. The first kappa shape index (κ1) is 19.5. The first-order valence-corrected chi connectivity index (χ1v) is 10.4. The minimum Gasteiger partial charge on any atom is -0.336 e. The van der Waals surface area contributed by atoms with E-state index in [2.05, 4.69) is 13.8 Å². The van der Waals surface area contributed by atoms with Gasteiger partial charge in [-0.25, -0.2) is 12.8 Å². The Labute approximate surface area is 159 Å². The van der Waals surface area contributed by atoms with Gasteiger partial charge in [0, 0.05) is 31.7 Å². The maximum absolute atomic E-state index is 13.0. The van der Waals surface area contributed by atoms with Gasteiger partial charge in [-0.05, 0) is 47.9 Å². The second-order valence-corrected chi connectivity index (χ2v) is 8.86. The zero-order valence-electron chi connectivity index (χ0n) is 15.4. The standard InChI is InChI=1S/C20H23FN2O3S/c1-15(2)16-3-5-17(6-4-16)20(24)22-11-13-23(14-12-22)27(25,26)19-9-7-18(21)8-10-19/h3-10,15H,11-14H2,1-2H3. The van der Waals surface area contributed by atoms with Crippen molar-refractivity contribution in [2.75, 3.05) is 26.2 Å². The van der Waals surface area contributed by atoms with Crippen molar-refractivity contribution in [2.45, 2.75) is 24.7 Å². The fourth-order valence-corrected chi connectivity index (χ4v) is 4.50. The van der Waals surface area contributed by atoms with Crippen molar-refractivity contribution >= 4 is 15.9 Å². The Morgan fingerprint density at radius 1 is 0.926 bits per heavy atom. The summed E-state index contributed by atoms with van der Waals surface area (Å²) >= 11 is 0. The summed E-state index contributed by atoms with van der Waals surface area (Å²) < 4.78 is 39.7. The third-order valence-electron chi connectivity index (χ3n) is 4.80. The number of sulfonamides is 1. The first-order valence-electron chi connectivity index (χ1n) is 8.94. The van der Waals surface area contributed by atoms with Crippen LogP contribution in [0.4, 0.5) is 4.39 Å². The van der Waals surface area contributed by atoms with Crippen molar-refractivity contribution in [3.63, 3.8) is 0 Å². The predicted molar refractivity (Wildman–Crippen MR) is 102 cm³/mol. The lowest BCUT2D eigenvalue weighted by Crippen LogP contribution is -2.50. The zero-order chi connectivity index (χ0) is 19.6. The minimum absolute atomic E-state index is 0.0629. The number of rotatable bonds is 4. The lowest BCUT2D eigenvalue weighted by Gasteiger charge is -2.34. The van der Waals surface area contributed by atoms with Crippen LogP contribution in [0.25, 0.3) is 0 Å². The van der Waals surface area contributed by atoms with E-state index in [1.54, 1.807) is 4.90 Å². The van der Waals surface area contributed by atoms with Gasteiger partial charge in [-0.3, -0.25) is 4.79 Å². The van der Waals surface area contributed by atoms with E-state index in [0.29, 0.717) is 24.6 Å². The molecule has 0 spiro atoms. The lowest BCUT2D eigenvalue weighted by atomic mass is 10.0. The topological polar surface area (TPSA) is 57.7 Å². The highest BCUT2D eigenvalue weighted by molar-refractivity contribution is 7.89. The number of carbonyl (C=O) groups is 1. The maximum atomic E-state index is 13.0. The molecule has 0 atom stereocenters. The Morgan fingerprint density at radius 3 is 2.00 bits per heavy atom. The molecule has 144 valence electrons. The van der Waals surface area contributed by atoms with Crippen LogP contribution in [0.5, 0.6) is 0 Å². The number of hydrogen-bond acceptors (Lipinski definition) is 3. The summed E-state index contributed by atoms with van der Waals surface area (Å²) in [4.78, 5) is 14.4. The predicted octanol–water partition coefficient (Wildman–Crippen LogP) is 3.10. The number of piperazine rings is 1. The molecule has 0 saturated carbocycles. The van der Waals surface area contributed by atoms with Crippen molar-refractivity contribution < 1.29 is 17.6 Å². The Morgan fingerprint density at radius 2 is 1.48 bits per heavy atom. The van der Waals surface area contributed by atoms with Gasteiger partial charge in [-0.15, -0.1) is 0 Å². The van der Waals surface area contributed by atoms with E-state index in [1.807, 2.05) is 24.3 Å². The third kappa shape index (κ3) is 4.20. The number of benzene rings is 2. The monoisotopic (exact) mass is 390 g/mol. The third-order valence-corrected chi connectivity index (χ3v) is 6.71. The molecule has 2 aromatic rings. The van der Waals surface area contributed by atoms with E-state index < -0.39 is 15.8 Å². The van der Waals surface area contributed by atoms with E-state index in [1.165, 1.54) is 22.0 Å². The van der Waals surface area contributed by atoms with E-state index in [9.17, 15) is 17.6 Å². The van der Waals surface area contributed by atoms with Gasteiger partial charge < -0.3 is 4.90 Å². The van der Waals surface area contributed by atoms with Crippen molar-refractivity contribution in [1.82, 2.24) is 9.21 Å². The fourth-order valence-electron chi connectivity index (χ4n) is 3.08. The second-order valence-electron chi connectivity index (χ2n) is 6.93. The van der Waals surface area contributed by atoms with E-state index in [-0.39, 0.29) is 23.9 Å². The van der Waals surface area contributed by atoms with Crippen molar-refractivity contribution in [3.05, 3.63) is 65.5 Å². The van der Waals surface area contributed by atoms with Gasteiger partial charge in [-0.1, -0.05) is 26.0 Å². The molecule has 1 fully saturated rings. The highest BCUT2D eigenvalue weighted by Crippen LogP contribution is 2.20. The van der Waals surface area contributed by atoms with Crippen LogP contribution in [0, 0.1) is 5.82 Å². The first-order chi connectivity index (χ1) is 12.8. The molecular formula is C20H23FN2O3S. The summed E-state index contributed by atoms with van der Waals surface area (Å²) in [5.74, 6) is -0.175. The molecule has 0 aliphatic carbocycles. The van der Waals surface area contributed by atoms with Crippen molar-refractivity contribution in [1.29, 1.82) is 0 Å². The smallest absolute Gasteiger partial charge is 0.253 e. The molecular weight excluding hydrogens is 367 g/mol. The summed E-state index contributed by atoms with van der Waals surface area (Å²) in [6, 6.07) is 12.3. The number of nitrogens with zero attached hydrogens (tertiary/aromatic N) is 2. The van der Waals surface area contributed by atoms with Gasteiger partial charge >= 0.3 is 0 Å². The summed E-state index contributed by atoms with van der Waals surface area (Å²) in [7, 11) is -3.68. The highest BCUT2D eigenvalue weighted by Gasteiger charge is 2.30. The maximum Gasteiger partial charge on any atom is 0.253 e. The average molecular weight is 390 g/mol. The molecule has 5 nitrogen and oxygen atoms in total. The van der Waals surface area contributed by atoms with Gasteiger partial charge in [0.05, 0.1) is 4.90 Å². The number of carbonyl (C=O) groups excluding carboxylic acids is 1. The molecule has 0 bridgehead atoms. The minimum atomic E-state index is -3.68. The van der Waals surface area contributed by atoms with Crippen LogP contribution >= 0.6 is 0 Å². The molecule has 2 aromatic carbocycles. The number of hydrogen-bond donors (Lipinski definition) is 0. The molecule has 1 amide bonds. The Hall–Kier alpha value is -2.25. The summed E-state index contributed by atoms with van der Waals surface area (Å²) in [5, 5.41) is 0. The Bertz CT molecular complexity index is 901. The summed E-state index contributed by atoms with van der Waals surface area (Å²) in [6.45, 7) is 5.27.